The van der Waals surface area contributed by atoms with Crippen LogP contribution in [0.25, 0.3) is 0 Å². The molecule has 1 aliphatic heterocycles. The van der Waals surface area contributed by atoms with Crippen molar-refractivity contribution < 1.29 is 60.5 Å². The van der Waals surface area contributed by atoms with E-state index in [9.17, 15) is 28.8 Å². The Balaban J connectivity index is 0.00000220. The first-order chi connectivity index (χ1) is 34.4. The first-order valence-corrected chi connectivity index (χ1v) is 27.2. The van der Waals surface area contributed by atoms with Crippen molar-refractivity contribution in [1.82, 2.24) is 10.6 Å². The maximum absolute atomic E-state index is 14.6. The average Bonchev–Trinajstić information content (AvgIpc) is 4.07. The van der Waals surface area contributed by atoms with Crippen molar-refractivity contribution in [1.29, 1.82) is 0 Å². The standard InChI is InChI=1S/C55H74N4O9.CH4O3S/c1-37(2)27-48(50(62)33-45(30-42-17-13-10-14-18-42)54(65)58-49(28-38(3)4)52(63)55(7)21-22-55)57-53(64)44(20-19-41-15-11-9-12-16-41)32-47(61)36-59(23-25-67-26-24-59)35-43-29-39(5)51(68-40(6)60)46(31-43)34-56-66-8;1-5(2,3)4/h9-18,29,31,34,37-38,44-45,48-49H,19-28,30,32-33,35-36H2,1-8H3,(H-,57,58,64,65);1H3,(H,2,3,4)/b56-34+;/t44-,45-,48?,49?;/m1./s1. The fourth-order valence-corrected chi connectivity index (χ4v) is 9.39. The molecule has 4 atom stereocenters. The van der Waals surface area contributed by atoms with Crippen molar-refractivity contribution in [3.8, 4) is 5.75 Å². The van der Waals surface area contributed by atoms with E-state index in [1.165, 1.54) is 20.2 Å². The van der Waals surface area contributed by atoms with Crippen molar-refractivity contribution in [3.05, 3.63) is 101 Å². The molecular formula is C56H78N4O12S. The third-order valence-corrected chi connectivity index (χ3v) is 13.3. The second-order valence-electron chi connectivity index (χ2n) is 21.1. The Bertz CT molecular complexity index is 2460. The highest BCUT2D eigenvalue weighted by Crippen LogP contribution is 2.47. The number of amides is 2. The van der Waals surface area contributed by atoms with Gasteiger partial charge >= 0.3 is 5.97 Å². The molecule has 2 aliphatic rings. The molecule has 1 heterocycles. The molecule has 0 aromatic heterocycles. The summed E-state index contributed by atoms with van der Waals surface area (Å²) in [5.74, 6) is -2.41. The van der Waals surface area contributed by atoms with Crippen LogP contribution < -0.4 is 15.4 Å². The summed E-state index contributed by atoms with van der Waals surface area (Å²) in [7, 11) is -2.48. The van der Waals surface area contributed by atoms with E-state index in [0.717, 1.165) is 35.1 Å². The quantitative estimate of drug-likeness (QED) is 0.0200. The third-order valence-electron chi connectivity index (χ3n) is 13.3. The van der Waals surface area contributed by atoms with Gasteiger partial charge in [-0.15, -0.1) is 0 Å². The monoisotopic (exact) mass is 1030 g/mol. The Kier molecular flexibility index (Phi) is 23.1. The molecule has 2 N–H and O–H groups in total. The van der Waals surface area contributed by atoms with Gasteiger partial charge < -0.3 is 34.0 Å². The number of oxime groups is 1. The van der Waals surface area contributed by atoms with Crippen LogP contribution in [0.1, 0.15) is 114 Å². The number of ether oxygens (including phenoxy) is 2. The molecule has 0 spiro atoms. The predicted octanol–water partition coefficient (Wildman–Crippen LogP) is 6.87. The Labute approximate surface area is 432 Å². The van der Waals surface area contributed by atoms with E-state index in [2.05, 4.69) is 15.8 Å². The lowest BCUT2D eigenvalue weighted by Gasteiger charge is -2.41. The number of ketones is 3. The van der Waals surface area contributed by atoms with Gasteiger partial charge in [-0.25, -0.2) is 8.42 Å². The molecule has 2 unspecified atom stereocenters. The van der Waals surface area contributed by atoms with E-state index in [1.54, 1.807) is 0 Å². The number of quaternary nitrogens is 1. The maximum atomic E-state index is 14.6. The van der Waals surface area contributed by atoms with Crippen LogP contribution in [-0.2, 0) is 67.8 Å². The highest BCUT2D eigenvalue weighted by molar-refractivity contribution is 7.84. The molecule has 0 bridgehead atoms. The molecule has 0 radical (unpaired) electrons. The zero-order valence-electron chi connectivity index (χ0n) is 44.3. The number of Topliss-reactive ketones (excluding diaryl/α,β-unsaturated/α-hetero) is 3. The lowest BCUT2D eigenvalue weighted by molar-refractivity contribution is -0.940. The fourth-order valence-electron chi connectivity index (χ4n) is 9.39. The molecule has 17 heteroatoms. The summed E-state index contributed by atoms with van der Waals surface area (Å²) >= 11 is 0. The van der Waals surface area contributed by atoms with E-state index >= 15 is 0 Å². The van der Waals surface area contributed by atoms with Crippen molar-refractivity contribution in [2.24, 2.45) is 34.2 Å². The largest absolute Gasteiger partial charge is 0.748 e. The summed E-state index contributed by atoms with van der Waals surface area (Å²) in [6.45, 7) is 15.9. The number of benzene rings is 3. The highest BCUT2D eigenvalue weighted by atomic mass is 32.2. The number of carbonyl (C=O) groups is 6. The summed E-state index contributed by atoms with van der Waals surface area (Å²) in [6.07, 6.45) is 5.62. The van der Waals surface area contributed by atoms with Gasteiger partial charge in [0.25, 0.3) is 0 Å². The van der Waals surface area contributed by atoms with E-state index in [0.29, 0.717) is 80.6 Å². The van der Waals surface area contributed by atoms with E-state index in [4.69, 9.17) is 27.3 Å². The third kappa shape index (κ3) is 21.0. The Hall–Kier alpha value is -5.62. The van der Waals surface area contributed by atoms with Gasteiger partial charge in [0.05, 0.1) is 41.6 Å². The lowest BCUT2D eigenvalue weighted by atomic mass is 9.87. The number of nitrogens with zero attached hydrogens (tertiary/aromatic N) is 2. The molecule has 2 amide bonds. The van der Waals surface area contributed by atoms with Crippen LogP contribution in [-0.4, -0.2) is 117 Å². The van der Waals surface area contributed by atoms with Gasteiger partial charge in [-0.2, -0.15) is 0 Å². The number of esters is 1. The van der Waals surface area contributed by atoms with Crippen molar-refractivity contribution >= 4 is 51.5 Å². The summed E-state index contributed by atoms with van der Waals surface area (Å²) in [5, 5.41) is 10.1. The number of rotatable bonds is 27. The summed E-state index contributed by atoms with van der Waals surface area (Å²) in [4.78, 5) is 88.6. The van der Waals surface area contributed by atoms with Crippen LogP contribution in [0.5, 0.6) is 5.75 Å². The van der Waals surface area contributed by atoms with E-state index < -0.39 is 45.4 Å². The van der Waals surface area contributed by atoms with Crippen LogP contribution in [0.4, 0.5) is 0 Å². The molecule has 73 heavy (non-hydrogen) atoms. The molecule has 2 fully saturated rings. The van der Waals surface area contributed by atoms with Crippen LogP contribution in [0.15, 0.2) is 78.0 Å². The predicted molar refractivity (Wildman–Crippen MR) is 278 cm³/mol. The highest BCUT2D eigenvalue weighted by Gasteiger charge is 2.48. The summed E-state index contributed by atoms with van der Waals surface area (Å²) in [6, 6.07) is 21.7. The van der Waals surface area contributed by atoms with E-state index in [-0.39, 0.29) is 66.8 Å². The Morgan fingerprint density at radius 2 is 1.37 bits per heavy atom. The molecular weight excluding hydrogens is 953 g/mol. The molecule has 3 aromatic carbocycles. The Morgan fingerprint density at radius 1 is 0.822 bits per heavy atom. The van der Waals surface area contributed by atoms with Crippen molar-refractivity contribution in [3.63, 3.8) is 0 Å². The molecule has 1 aliphatic carbocycles. The van der Waals surface area contributed by atoms with Gasteiger partial charge in [0.15, 0.2) is 17.3 Å². The van der Waals surface area contributed by atoms with Crippen LogP contribution >= 0.6 is 0 Å². The molecule has 1 saturated heterocycles. The minimum Gasteiger partial charge on any atom is -0.748 e. The Morgan fingerprint density at radius 3 is 1.92 bits per heavy atom. The van der Waals surface area contributed by atoms with Gasteiger partial charge in [0, 0.05) is 54.4 Å². The zero-order chi connectivity index (χ0) is 53.9. The van der Waals surface area contributed by atoms with Crippen LogP contribution in [0.3, 0.4) is 0 Å². The second-order valence-corrected chi connectivity index (χ2v) is 22.5. The zero-order valence-corrected chi connectivity index (χ0v) is 45.1. The number of carbonyl (C=O) groups excluding carboxylic acids is 6. The number of hydrogen-bond acceptors (Lipinski definition) is 13. The SMILES string of the molecule is CO/N=C/c1cc(C[N+]2(CC(=O)C[C@@H](CCc3ccccc3)C(=O)NC(CC(C)C)C(=O)C[C@@H](Cc3ccccc3)C(=O)NC(CC(C)C)C(=O)C3(C)CC3)CCOCC2)cc(C)c1OC(C)=O.CS(=O)(=O)[O-]. The lowest BCUT2D eigenvalue weighted by Crippen LogP contribution is -2.57. The average molecular weight is 1030 g/mol. The van der Waals surface area contributed by atoms with Gasteiger partial charge in [0.1, 0.15) is 39.0 Å². The summed E-state index contributed by atoms with van der Waals surface area (Å²) < 4.78 is 39.0. The molecule has 5 rings (SSSR count). The van der Waals surface area contributed by atoms with Gasteiger partial charge in [-0.1, -0.05) is 100 Å². The molecule has 1 saturated carbocycles. The minimum absolute atomic E-state index is 0.0263. The smallest absolute Gasteiger partial charge is 0.308 e. The molecule has 3 aromatic rings. The normalized spacial score (nSPS) is 16.5. The van der Waals surface area contributed by atoms with Crippen molar-refractivity contribution in [2.75, 3.05) is 46.2 Å². The number of nitrogens with one attached hydrogen (secondary N) is 2. The second kappa shape index (κ2) is 28.2. The van der Waals surface area contributed by atoms with Gasteiger partial charge in [-0.3, -0.25) is 28.8 Å². The molecule has 400 valence electrons. The first kappa shape index (κ1) is 59.9. The first-order valence-electron chi connectivity index (χ1n) is 25.4. The summed E-state index contributed by atoms with van der Waals surface area (Å²) in [5.41, 5.74) is 3.70. The number of aryl methyl sites for hydroxylation is 2. The number of morpholine rings is 1. The van der Waals surface area contributed by atoms with Crippen LogP contribution in [0, 0.1) is 36.0 Å². The number of hydrogen-bond donors (Lipinski definition) is 2. The van der Waals surface area contributed by atoms with E-state index in [1.807, 2.05) is 114 Å². The molecule has 16 nitrogen and oxygen atoms in total. The van der Waals surface area contributed by atoms with Gasteiger partial charge in [0.2, 0.25) is 11.8 Å². The van der Waals surface area contributed by atoms with Crippen LogP contribution in [0.2, 0.25) is 0 Å². The van der Waals surface area contributed by atoms with Crippen molar-refractivity contribution in [2.45, 2.75) is 125 Å². The topological polar surface area (TPSA) is 224 Å². The maximum Gasteiger partial charge on any atom is 0.308 e. The fraction of sp³-hybridized carbons (Fsp3) is 0.554. The van der Waals surface area contributed by atoms with Gasteiger partial charge in [-0.05, 0) is 92.5 Å². The minimum atomic E-state index is -3.92.